The summed E-state index contributed by atoms with van der Waals surface area (Å²) in [6.45, 7) is 5.82. The summed E-state index contributed by atoms with van der Waals surface area (Å²) in [6, 6.07) is 10.4. The molecule has 0 bridgehead atoms. The number of rotatable bonds is 7. The molecule has 1 aliphatic rings. The van der Waals surface area contributed by atoms with Crippen LogP contribution < -0.4 is 15.6 Å². The monoisotopic (exact) mass is 321 g/mol. The summed E-state index contributed by atoms with van der Waals surface area (Å²) in [5.41, 5.74) is 4.18. The van der Waals surface area contributed by atoms with Gasteiger partial charge in [-0.05, 0) is 30.6 Å². The number of thiocarbonyl (C=S) groups is 1. The number of nitrogens with one attached hydrogen (secondary N) is 3. The van der Waals surface area contributed by atoms with E-state index in [1.54, 1.807) is 4.90 Å². The van der Waals surface area contributed by atoms with Gasteiger partial charge in [-0.25, -0.2) is 0 Å². The summed E-state index contributed by atoms with van der Waals surface area (Å²) in [5, 5.41) is 7.92. The van der Waals surface area contributed by atoms with Crippen molar-refractivity contribution in [3.05, 3.63) is 35.9 Å². The second kappa shape index (κ2) is 10.3. The van der Waals surface area contributed by atoms with Gasteiger partial charge in [0.25, 0.3) is 0 Å². The molecular formula is C16H25N4OS+. The predicted molar refractivity (Wildman–Crippen MR) is 93.4 cm³/mol. The van der Waals surface area contributed by atoms with Crippen molar-refractivity contribution in [2.75, 3.05) is 39.4 Å². The van der Waals surface area contributed by atoms with Crippen molar-refractivity contribution >= 4 is 23.5 Å². The normalized spacial score (nSPS) is 15.8. The van der Waals surface area contributed by atoms with Crippen molar-refractivity contribution in [1.82, 2.24) is 10.7 Å². The molecule has 1 saturated heterocycles. The summed E-state index contributed by atoms with van der Waals surface area (Å²) < 4.78 is 5.34. The average Bonchev–Trinajstić information content (AvgIpc) is 2.56. The first kappa shape index (κ1) is 16.9. The number of quaternary nitrogens is 1. The Morgan fingerprint density at radius 3 is 2.82 bits per heavy atom. The summed E-state index contributed by atoms with van der Waals surface area (Å²) in [5.74, 6) is 0. The third kappa shape index (κ3) is 6.98. The molecule has 120 valence electrons. The average molecular weight is 321 g/mol. The quantitative estimate of drug-likeness (QED) is 0.375. The van der Waals surface area contributed by atoms with E-state index in [0.717, 1.165) is 52.2 Å². The molecule has 0 amide bonds. The number of aryl methyl sites for hydroxylation is 1. The van der Waals surface area contributed by atoms with Gasteiger partial charge in [-0.2, -0.15) is 5.10 Å². The highest BCUT2D eigenvalue weighted by atomic mass is 32.1. The minimum atomic E-state index is 0.587. The number of morpholine rings is 1. The molecule has 0 aromatic heterocycles. The topological polar surface area (TPSA) is 50.1 Å². The number of benzene rings is 1. The van der Waals surface area contributed by atoms with Crippen LogP contribution in [0.2, 0.25) is 0 Å². The van der Waals surface area contributed by atoms with Gasteiger partial charge < -0.3 is 15.0 Å². The van der Waals surface area contributed by atoms with Crippen LogP contribution in [0.3, 0.4) is 0 Å². The molecule has 0 spiro atoms. The van der Waals surface area contributed by atoms with Crippen LogP contribution in [0, 0.1) is 0 Å². The first-order valence-corrected chi connectivity index (χ1v) is 8.26. The van der Waals surface area contributed by atoms with E-state index in [2.05, 4.69) is 40.1 Å². The lowest BCUT2D eigenvalue weighted by atomic mass is 10.1. The van der Waals surface area contributed by atoms with Gasteiger partial charge in [-0.1, -0.05) is 30.3 Å². The molecule has 2 rings (SSSR count). The summed E-state index contributed by atoms with van der Waals surface area (Å²) in [6.07, 6.45) is 3.76. The van der Waals surface area contributed by atoms with Gasteiger partial charge in [0.05, 0.1) is 26.3 Å². The zero-order valence-corrected chi connectivity index (χ0v) is 13.7. The highest BCUT2D eigenvalue weighted by Gasteiger charge is 2.12. The Hall–Kier alpha value is -1.50. The smallest absolute Gasteiger partial charge is 0.187 e. The van der Waals surface area contributed by atoms with Gasteiger partial charge in [0.2, 0.25) is 0 Å². The molecule has 0 atom stereocenters. The van der Waals surface area contributed by atoms with Crippen LogP contribution in [0.25, 0.3) is 0 Å². The van der Waals surface area contributed by atoms with E-state index in [4.69, 9.17) is 17.0 Å². The highest BCUT2D eigenvalue weighted by molar-refractivity contribution is 7.80. The lowest BCUT2D eigenvalue weighted by Crippen LogP contribution is -3.14. The largest absolute Gasteiger partial charge is 0.370 e. The molecule has 3 N–H and O–H groups in total. The lowest BCUT2D eigenvalue weighted by Gasteiger charge is -2.23. The van der Waals surface area contributed by atoms with Crippen LogP contribution >= 0.6 is 12.2 Å². The fourth-order valence-corrected chi connectivity index (χ4v) is 2.50. The Labute approximate surface area is 137 Å². The fraction of sp³-hybridized carbons (Fsp3) is 0.500. The first-order valence-electron chi connectivity index (χ1n) is 7.85. The Morgan fingerprint density at radius 2 is 2.05 bits per heavy atom. The van der Waals surface area contributed by atoms with Crippen LogP contribution in [0.15, 0.2) is 35.4 Å². The number of hydrogen-bond acceptors (Lipinski definition) is 3. The van der Waals surface area contributed by atoms with E-state index >= 15 is 0 Å². The first-order chi connectivity index (χ1) is 10.8. The molecular weight excluding hydrogens is 296 g/mol. The van der Waals surface area contributed by atoms with Crippen LogP contribution in [0.5, 0.6) is 0 Å². The maximum atomic E-state index is 5.34. The standard InChI is InChI=1S/C16H24N4OS/c22-16(17-9-10-20-11-13-21-14-12-20)19-18-8-4-7-15-5-2-1-3-6-15/h1-3,5-6,8H,4,7,9-14H2,(H2,17,19,22)/p+1/b18-8-. The van der Waals surface area contributed by atoms with Crippen molar-refractivity contribution in [3.8, 4) is 0 Å². The van der Waals surface area contributed by atoms with E-state index in [9.17, 15) is 0 Å². The second-order valence-electron chi connectivity index (χ2n) is 5.32. The molecule has 1 aromatic carbocycles. The van der Waals surface area contributed by atoms with Crippen LogP contribution in [-0.4, -0.2) is 50.7 Å². The molecule has 1 aromatic rings. The predicted octanol–water partition coefficient (Wildman–Crippen LogP) is -0.0158. The molecule has 6 heteroatoms. The van der Waals surface area contributed by atoms with Gasteiger partial charge in [-0.3, -0.25) is 5.43 Å². The summed E-state index contributed by atoms with van der Waals surface area (Å²) in [7, 11) is 0. The molecule has 5 nitrogen and oxygen atoms in total. The van der Waals surface area contributed by atoms with Crippen molar-refractivity contribution < 1.29 is 9.64 Å². The third-order valence-corrected chi connectivity index (χ3v) is 3.86. The Balaban J connectivity index is 1.50. The van der Waals surface area contributed by atoms with E-state index in [1.165, 1.54) is 5.56 Å². The fourth-order valence-electron chi connectivity index (χ4n) is 2.35. The Morgan fingerprint density at radius 1 is 1.27 bits per heavy atom. The lowest BCUT2D eigenvalue weighted by molar-refractivity contribution is -0.906. The molecule has 1 fully saturated rings. The van der Waals surface area contributed by atoms with E-state index in [0.29, 0.717) is 5.11 Å². The molecule has 0 aliphatic carbocycles. The minimum absolute atomic E-state index is 0.587. The number of hydrogen-bond donors (Lipinski definition) is 3. The number of nitrogens with zero attached hydrogens (tertiary/aromatic N) is 1. The van der Waals surface area contributed by atoms with Gasteiger partial charge in [0, 0.05) is 6.21 Å². The van der Waals surface area contributed by atoms with Crippen molar-refractivity contribution in [2.24, 2.45) is 5.10 Å². The minimum Gasteiger partial charge on any atom is -0.370 e. The van der Waals surface area contributed by atoms with Gasteiger partial charge in [-0.15, -0.1) is 0 Å². The molecule has 0 radical (unpaired) electrons. The van der Waals surface area contributed by atoms with Crippen molar-refractivity contribution in [3.63, 3.8) is 0 Å². The van der Waals surface area contributed by atoms with Gasteiger partial charge in [0.15, 0.2) is 5.11 Å². The maximum Gasteiger partial charge on any atom is 0.187 e. The van der Waals surface area contributed by atoms with Gasteiger partial charge in [0.1, 0.15) is 13.1 Å². The second-order valence-corrected chi connectivity index (χ2v) is 5.72. The molecule has 0 saturated carbocycles. The molecule has 0 unspecified atom stereocenters. The molecule has 1 aliphatic heterocycles. The third-order valence-electron chi connectivity index (χ3n) is 3.63. The Kier molecular flexibility index (Phi) is 7.87. The number of ether oxygens (including phenoxy) is 1. The van der Waals surface area contributed by atoms with Crippen molar-refractivity contribution in [2.45, 2.75) is 12.8 Å². The van der Waals surface area contributed by atoms with Crippen LogP contribution in [-0.2, 0) is 11.2 Å². The van der Waals surface area contributed by atoms with E-state index in [1.807, 2.05) is 12.3 Å². The van der Waals surface area contributed by atoms with Gasteiger partial charge >= 0.3 is 0 Å². The summed E-state index contributed by atoms with van der Waals surface area (Å²) in [4.78, 5) is 1.56. The van der Waals surface area contributed by atoms with E-state index < -0.39 is 0 Å². The van der Waals surface area contributed by atoms with Crippen LogP contribution in [0.4, 0.5) is 0 Å². The van der Waals surface area contributed by atoms with Crippen LogP contribution in [0.1, 0.15) is 12.0 Å². The van der Waals surface area contributed by atoms with Crippen molar-refractivity contribution in [1.29, 1.82) is 0 Å². The molecule has 22 heavy (non-hydrogen) atoms. The van der Waals surface area contributed by atoms with E-state index in [-0.39, 0.29) is 0 Å². The molecule has 1 heterocycles. The maximum absolute atomic E-state index is 5.34. The number of hydrazone groups is 1. The zero-order valence-electron chi connectivity index (χ0n) is 12.9. The zero-order chi connectivity index (χ0) is 15.5. The summed E-state index contributed by atoms with van der Waals surface area (Å²) >= 11 is 5.19. The highest BCUT2D eigenvalue weighted by Crippen LogP contribution is 2.00. The Bertz CT molecular complexity index is 460. The SMILES string of the molecule is S=C(NCC[NH+]1CCOCC1)N/N=C\CCc1ccccc1.